The number of allylic oxidation sites excluding steroid dienone is 1. The van der Waals surface area contributed by atoms with Crippen LogP contribution in [0, 0.1) is 0 Å². The van der Waals surface area contributed by atoms with Crippen LogP contribution in [0.15, 0.2) is 11.1 Å². The zero-order chi connectivity index (χ0) is 15.2. The standard InChI is InChI=1S/C16H30N2O2/c1-3-14(2)15(16(20)18-17)12-10-8-6-4-5-7-9-11-13-19/h13H,3-12,17H2,1-2H3,(H,18,20)/b15-14+. The molecular formula is C16H30N2O2. The molecule has 0 aliphatic heterocycles. The third-order valence-electron chi connectivity index (χ3n) is 3.70. The van der Waals surface area contributed by atoms with Gasteiger partial charge in [-0.15, -0.1) is 0 Å². The van der Waals surface area contributed by atoms with Crippen LogP contribution in [-0.2, 0) is 9.59 Å². The van der Waals surface area contributed by atoms with E-state index in [2.05, 4.69) is 12.3 Å². The Bertz CT molecular complexity index is 312. The molecule has 0 heterocycles. The Morgan fingerprint density at radius 1 is 1.05 bits per heavy atom. The normalized spacial score (nSPS) is 11.9. The average molecular weight is 282 g/mol. The van der Waals surface area contributed by atoms with Crippen molar-refractivity contribution >= 4 is 12.2 Å². The van der Waals surface area contributed by atoms with Gasteiger partial charge >= 0.3 is 0 Å². The number of hydrogen-bond donors (Lipinski definition) is 2. The van der Waals surface area contributed by atoms with Gasteiger partial charge in [-0.05, 0) is 32.6 Å². The van der Waals surface area contributed by atoms with Crippen LogP contribution >= 0.6 is 0 Å². The predicted octanol–water partition coefficient (Wildman–Crippen LogP) is 3.41. The average Bonchev–Trinajstić information content (AvgIpc) is 2.48. The van der Waals surface area contributed by atoms with Gasteiger partial charge in [0.15, 0.2) is 0 Å². The summed E-state index contributed by atoms with van der Waals surface area (Å²) in [6.45, 7) is 4.05. The minimum atomic E-state index is -0.141. The lowest BCUT2D eigenvalue weighted by Gasteiger charge is -2.09. The molecule has 0 aromatic heterocycles. The monoisotopic (exact) mass is 282 g/mol. The Hall–Kier alpha value is -1.16. The number of amides is 1. The van der Waals surface area contributed by atoms with E-state index in [0.717, 1.165) is 56.0 Å². The summed E-state index contributed by atoms with van der Waals surface area (Å²) in [5.41, 5.74) is 4.21. The summed E-state index contributed by atoms with van der Waals surface area (Å²) in [7, 11) is 0. The molecule has 0 aliphatic rings. The van der Waals surface area contributed by atoms with Gasteiger partial charge in [-0.2, -0.15) is 0 Å². The second kappa shape index (κ2) is 12.9. The number of nitrogens with one attached hydrogen (secondary N) is 1. The van der Waals surface area contributed by atoms with Crippen LogP contribution in [0.1, 0.15) is 78.1 Å². The van der Waals surface area contributed by atoms with E-state index >= 15 is 0 Å². The summed E-state index contributed by atoms with van der Waals surface area (Å²) in [6.07, 6.45) is 11.3. The molecule has 0 spiro atoms. The van der Waals surface area contributed by atoms with Gasteiger partial charge in [0, 0.05) is 12.0 Å². The van der Waals surface area contributed by atoms with Crippen molar-refractivity contribution < 1.29 is 9.59 Å². The molecule has 4 nitrogen and oxygen atoms in total. The summed E-state index contributed by atoms with van der Waals surface area (Å²) in [5.74, 6) is 5.08. The maximum Gasteiger partial charge on any atom is 0.261 e. The molecule has 0 aromatic carbocycles. The fourth-order valence-corrected chi connectivity index (χ4v) is 2.23. The van der Waals surface area contributed by atoms with Crippen molar-refractivity contribution in [1.29, 1.82) is 0 Å². The van der Waals surface area contributed by atoms with Crippen molar-refractivity contribution in [2.75, 3.05) is 0 Å². The first-order valence-electron chi connectivity index (χ1n) is 7.80. The highest BCUT2D eigenvalue weighted by molar-refractivity contribution is 5.93. The Balaban J connectivity index is 3.75. The summed E-state index contributed by atoms with van der Waals surface area (Å²) < 4.78 is 0. The zero-order valence-corrected chi connectivity index (χ0v) is 13.0. The minimum absolute atomic E-state index is 0.141. The molecule has 0 atom stereocenters. The molecule has 116 valence electrons. The topological polar surface area (TPSA) is 72.2 Å². The number of nitrogens with two attached hydrogens (primary N) is 1. The molecule has 1 amide bonds. The van der Waals surface area contributed by atoms with E-state index in [1.807, 2.05) is 6.92 Å². The number of unbranched alkanes of at least 4 members (excludes halogenated alkanes) is 7. The van der Waals surface area contributed by atoms with E-state index in [-0.39, 0.29) is 5.91 Å². The summed E-state index contributed by atoms with van der Waals surface area (Å²) in [6, 6.07) is 0. The summed E-state index contributed by atoms with van der Waals surface area (Å²) in [4.78, 5) is 21.8. The van der Waals surface area contributed by atoms with E-state index in [1.54, 1.807) is 0 Å². The van der Waals surface area contributed by atoms with Gasteiger partial charge in [0.2, 0.25) is 0 Å². The van der Waals surface area contributed by atoms with Gasteiger partial charge in [0.25, 0.3) is 5.91 Å². The van der Waals surface area contributed by atoms with Gasteiger partial charge < -0.3 is 4.79 Å². The smallest absolute Gasteiger partial charge is 0.261 e. The van der Waals surface area contributed by atoms with Crippen LogP contribution in [0.2, 0.25) is 0 Å². The molecule has 0 aliphatic carbocycles. The van der Waals surface area contributed by atoms with Crippen LogP contribution in [0.25, 0.3) is 0 Å². The Morgan fingerprint density at radius 2 is 1.60 bits per heavy atom. The number of carbonyl (C=O) groups is 2. The minimum Gasteiger partial charge on any atom is -0.303 e. The van der Waals surface area contributed by atoms with Crippen LogP contribution < -0.4 is 11.3 Å². The van der Waals surface area contributed by atoms with Gasteiger partial charge in [-0.1, -0.05) is 44.6 Å². The third-order valence-corrected chi connectivity index (χ3v) is 3.70. The van der Waals surface area contributed by atoms with Crippen molar-refractivity contribution in [3.05, 3.63) is 11.1 Å². The first-order valence-corrected chi connectivity index (χ1v) is 7.80. The molecule has 0 saturated heterocycles. The van der Waals surface area contributed by atoms with Crippen molar-refractivity contribution in [3.8, 4) is 0 Å². The quantitative estimate of drug-likeness (QED) is 0.144. The molecule has 0 bridgehead atoms. The molecule has 0 unspecified atom stereocenters. The fraction of sp³-hybridized carbons (Fsp3) is 0.750. The fourth-order valence-electron chi connectivity index (χ4n) is 2.23. The molecule has 3 N–H and O–H groups in total. The number of hydrogen-bond acceptors (Lipinski definition) is 3. The maximum absolute atomic E-state index is 11.7. The van der Waals surface area contributed by atoms with E-state index in [4.69, 9.17) is 5.84 Å². The van der Waals surface area contributed by atoms with E-state index in [0.29, 0.717) is 6.42 Å². The molecule has 0 aromatic rings. The lowest BCUT2D eigenvalue weighted by molar-refractivity contribution is -0.117. The van der Waals surface area contributed by atoms with Gasteiger partial charge in [-0.25, -0.2) is 5.84 Å². The Morgan fingerprint density at radius 3 is 2.10 bits per heavy atom. The largest absolute Gasteiger partial charge is 0.303 e. The van der Waals surface area contributed by atoms with E-state index in [9.17, 15) is 9.59 Å². The van der Waals surface area contributed by atoms with Crippen molar-refractivity contribution in [2.24, 2.45) is 5.84 Å². The first-order chi connectivity index (χ1) is 9.67. The summed E-state index contributed by atoms with van der Waals surface area (Å²) >= 11 is 0. The first kappa shape index (κ1) is 18.8. The molecule has 0 rings (SSSR count). The lowest BCUT2D eigenvalue weighted by Crippen LogP contribution is -2.32. The molecule has 0 fully saturated rings. The highest BCUT2D eigenvalue weighted by atomic mass is 16.2. The van der Waals surface area contributed by atoms with Crippen molar-refractivity contribution in [2.45, 2.75) is 78.1 Å². The Kier molecular flexibility index (Phi) is 12.1. The van der Waals surface area contributed by atoms with Crippen molar-refractivity contribution in [3.63, 3.8) is 0 Å². The molecule has 0 saturated carbocycles. The molecule has 0 radical (unpaired) electrons. The predicted molar refractivity (Wildman–Crippen MR) is 82.9 cm³/mol. The maximum atomic E-state index is 11.7. The third kappa shape index (κ3) is 8.86. The number of aldehydes is 1. The number of rotatable bonds is 12. The molecular weight excluding hydrogens is 252 g/mol. The second-order valence-electron chi connectivity index (χ2n) is 5.27. The van der Waals surface area contributed by atoms with Crippen LogP contribution in [-0.4, -0.2) is 12.2 Å². The second-order valence-corrected chi connectivity index (χ2v) is 5.27. The number of hydrazine groups is 1. The van der Waals surface area contributed by atoms with Crippen molar-refractivity contribution in [1.82, 2.24) is 5.43 Å². The van der Waals surface area contributed by atoms with Gasteiger partial charge in [-0.3, -0.25) is 10.2 Å². The van der Waals surface area contributed by atoms with Crippen LogP contribution in [0.4, 0.5) is 0 Å². The highest BCUT2D eigenvalue weighted by Gasteiger charge is 2.10. The summed E-state index contributed by atoms with van der Waals surface area (Å²) in [5, 5.41) is 0. The van der Waals surface area contributed by atoms with Crippen LogP contribution in [0.5, 0.6) is 0 Å². The SMILES string of the molecule is CC/C(C)=C(\CCCCCCCCCC=O)C(=O)NN. The van der Waals surface area contributed by atoms with E-state index in [1.165, 1.54) is 19.3 Å². The highest BCUT2D eigenvalue weighted by Crippen LogP contribution is 2.17. The molecule has 20 heavy (non-hydrogen) atoms. The van der Waals surface area contributed by atoms with E-state index < -0.39 is 0 Å². The Labute approximate surface area is 123 Å². The lowest BCUT2D eigenvalue weighted by atomic mass is 9.99. The zero-order valence-electron chi connectivity index (χ0n) is 13.0. The molecule has 4 heteroatoms. The van der Waals surface area contributed by atoms with Gasteiger partial charge in [0.05, 0.1) is 0 Å². The van der Waals surface area contributed by atoms with Gasteiger partial charge in [0.1, 0.15) is 6.29 Å². The number of carbonyl (C=O) groups excluding carboxylic acids is 2. The van der Waals surface area contributed by atoms with Crippen LogP contribution in [0.3, 0.4) is 0 Å².